The molecule has 0 saturated carbocycles. The molecule has 3 aromatic rings. The van der Waals surface area contributed by atoms with E-state index in [0.717, 1.165) is 17.7 Å². The number of hydrogen-bond acceptors (Lipinski definition) is 6. The third-order valence-electron chi connectivity index (χ3n) is 6.65. The van der Waals surface area contributed by atoms with Gasteiger partial charge in [0.25, 0.3) is 5.91 Å². The Morgan fingerprint density at radius 2 is 1.68 bits per heavy atom. The van der Waals surface area contributed by atoms with Crippen molar-refractivity contribution in [3.63, 3.8) is 0 Å². The molecule has 0 spiro atoms. The highest BCUT2D eigenvalue weighted by atomic mass is 16.5. The third-order valence-corrected chi connectivity index (χ3v) is 6.65. The number of rotatable bonds is 4. The van der Waals surface area contributed by atoms with E-state index in [4.69, 9.17) is 14.6 Å². The van der Waals surface area contributed by atoms with Crippen LogP contribution in [0.4, 0.5) is 5.69 Å². The van der Waals surface area contributed by atoms with Crippen molar-refractivity contribution in [2.24, 2.45) is 5.10 Å². The fourth-order valence-electron chi connectivity index (χ4n) is 4.80. The second-order valence-corrected chi connectivity index (χ2v) is 8.68. The minimum absolute atomic E-state index is 0.189. The molecule has 1 N–H and O–H groups in total. The van der Waals surface area contributed by atoms with Gasteiger partial charge < -0.3 is 14.4 Å². The van der Waals surface area contributed by atoms with Crippen LogP contribution in [0.25, 0.3) is 0 Å². The van der Waals surface area contributed by atoms with Crippen LogP contribution in [-0.4, -0.2) is 37.5 Å². The van der Waals surface area contributed by atoms with Crippen LogP contribution in [0.3, 0.4) is 0 Å². The van der Waals surface area contributed by atoms with Crippen LogP contribution in [0.2, 0.25) is 0 Å². The number of carbonyl (C=O) groups excluding carboxylic acids is 1. The lowest BCUT2D eigenvalue weighted by Crippen LogP contribution is -2.57. The first-order valence-corrected chi connectivity index (χ1v) is 11.3. The monoisotopic (exact) mass is 456 g/mol. The highest BCUT2D eigenvalue weighted by Crippen LogP contribution is 2.47. The lowest BCUT2D eigenvalue weighted by Gasteiger charge is -2.46. The third kappa shape index (κ3) is 3.44. The average molecular weight is 457 g/mol. The van der Waals surface area contributed by atoms with Crippen LogP contribution in [0.1, 0.15) is 34.0 Å². The number of ether oxygens (including phenoxy) is 2. The first-order chi connectivity index (χ1) is 16.5. The van der Waals surface area contributed by atoms with E-state index in [-0.39, 0.29) is 5.91 Å². The molecule has 0 aliphatic carbocycles. The van der Waals surface area contributed by atoms with E-state index in [1.165, 1.54) is 11.1 Å². The maximum atomic E-state index is 13.0. The number of amides is 1. The van der Waals surface area contributed by atoms with Gasteiger partial charge in [0.05, 0.1) is 19.9 Å². The zero-order valence-electron chi connectivity index (χ0n) is 19.8. The molecule has 2 aliphatic rings. The quantitative estimate of drug-likeness (QED) is 0.635. The van der Waals surface area contributed by atoms with E-state index in [0.29, 0.717) is 29.6 Å². The van der Waals surface area contributed by atoms with Crippen LogP contribution >= 0.6 is 0 Å². The molecule has 2 heterocycles. The molecule has 0 aromatic heterocycles. The summed E-state index contributed by atoms with van der Waals surface area (Å²) in [5.74, 6) is 1.70. The van der Waals surface area contributed by atoms with Gasteiger partial charge in [-0.25, -0.2) is 5.01 Å². The van der Waals surface area contributed by atoms with Crippen molar-refractivity contribution >= 4 is 17.6 Å². The summed E-state index contributed by atoms with van der Waals surface area (Å²) in [4.78, 5) is 15.2. The number of nitrogens with zero attached hydrogens (tertiary/aromatic N) is 3. The lowest BCUT2D eigenvalue weighted by atomic mass is 9.87. The van der Waals surface area contributed by atoms with Crippen molar-refractivity contribution in [1.82, 2.24) is 10.2 Å². The Hall–Kier alpha value is -4.00. The molecule has 5 rings (SSSR count). The highest BCUT2D eigenvalue weighted by molar-refractivity contribution is 6.06. The van der Waals surface area contributed by atoms with Gasteiger partial charge in [0.2, 0.25) is 5.96 Å². The van der Waals surface area contributed by atoms with Gasteiger partial charge in [0, 0.05) is 17.7 Å². The van der Waals surface area contributed by atoms with Crippen molar-refractivity contribution in [1.29, 1.82) is 0 Å². The van der Waals surface area contributed by atoms with E-state index in [1.807, 2.05) is 35.3 Å². The number of fused-ring (bicyclic) bond motifs is 3. The topological polar surface area (TPSA) is 66.4 Å². The maximum Gasteiger partial charge on any atom is 0.258 e. The minimum Gasteiger partial charge on any atom is -0.493 e. The Balaban J connectivity index is 1.61. The number of benzene rings is 3. The molecule has 1 atom stereocenters. The molecule has 0 bridgehead atoms. The molecule has 2 aliphatic heterocycles. The minimum atomic E-state index is -0.665. The smallest absolute Gasteiger partial charge is 0.258 e. The number of hydrazone groups is 1. The van der Waals surface area contributed by atoms with E-state index < -0.39 is 5.66 Å². The fourth-order valence-corrected chi connectivity index (χ4v) is 4.80. The van der Waals surface area contributed by atoms with Gasteiger partial charge in [0.15, 0.2) is 17.2 Å². The van der Waals surface area contributed by atoms with Crippen molar-refractivity contribution in [2.75, 3.05) is 25.8 Å². The van der Waals surface area contributed by atoms with Gasteiger partial charge in [-0.15, -0.1) is 5.10 Å². The predicted molar refractivity (Wildman–Crippen MR) is 132 cm³/mol. The standard InChI is InChI=1S/C27H28N4O3/c1-18-10-12-21(13-11-18)31-27(2)22-17-24(34-4)23(33-3)16-20(22)14-15-30(27)26(29-31)28-25(32)19-8-6-5-7-9-19/h5-13,16-17H,14-15H2,1-4H3,(H,28,29,32). The van der Waals surface area contributed by atoms with E-state index in [9.17, 15) is 4.79 Å². The summed E-state index contributed by atoms with van der Waals surface area (Å²) in [6.45, 7) is 4.88. The summed E-state index contributed by atoms with van der Waals surface area (Å²) < 4.78 is 11.2. The number of carbonyl (C=O) groups is 1. The molecule has 7 heteroatoms. The Labute approximate surface area is 199 Å². The second-order valence-electron chi connectivity index (χ2n) is 8.68. The Kier molecular flexibility index (Phi) is 5.40. The van der Waals surface area contributed by atoms with Crippen molar-refractivity contribution < 1.29 is 14.3 Å². The molecule has 34 heavy (non-hydrogen) atoms. The number of aryl methyl sites for hydroxylation is 1. The normalized spacial score (nSPS) is 18.6. The van der Waals surface area contributed by atoms with Crippen LogP contribution in [0, 0.1) is 6.92 Å². The predicted octanol–water partition coefficient (Wildman–Crippen LogP) is 4.26. The molecular weight excluding hydrogens is 428 g/mol. The summed E-state index contributed by atoms with van der Waals surface area (Å²) >= 11 is 0. The first-order valence-electron chi connectivity index (χ1n) is 11.3. The fraction of sp³-hybridized carbons (Fsp3) is 0.259. The highest BCUT2D eigenvalue weighted by Gasteiger charge is 2.51. The number of guanidine groups is 1. The largest absolute Gasteiger partial charge is 0.493 e. The van der Waals surface area contributed by atoms with Crippen molar-refractivity contribution in [3.8, 4) is 11.5 Å². The molecule has 1 amide bonds. The summed E-state index contributed by atoms with van der Waals surface area (Å²) in [7, 11) is 3.29. The summed E-state index contributed by atoms with van der Waals surface area (Å²) in [6.07, 6.45) is 0.785. The zero-order chi connectivity index (χ0) is 23.9. The molecule has 0 fully saturated rings. The Morgan fingerprint density at radius 3 is 2.35 bits per heavy atom. The summed E-state index contributed by atoms with van der Waals surface area (Å²) in [5, 5.41) is 9.97. The van der Waals surface area contributed by atoms with Crippen LogP contribution in [0.5, 0.6) is 11.5 Å². The van der Waals surface area contributed by atoms with Crippen LogP contribution < -0.4 is 19.8 Å². The number of nitrogens with one attached hydrogen (secondary N) is 1. The lowest BCUT2D eigenvalue weighted by molar-refractivity contribution is 0.0967. The average Bonchev–Trinajstić information content (AvgIpc) is 3.16. The van der Waals surface area contributed by atoms with Gasteiger partial charge in [-0.3, -0.25) is 10.1 Å². The van der Waals surface area contributed by atoms with Gasteiger partial charge in [0.1, 0.15) is 0 Å². The van der Waals surface area contributed by atoms with Gasteiger partial charge in [-0.1, -0.05) is 35.9 Å². The summed E-state index contributed by atoms with van der Waals surface area (Å²) in [5.41, 5.74) is 4.25. The van der Waals surface area contributed by atoms with Crippen LogP contribution in [0.15, 0.2) is 71.8 Å². The second kappa shape index (κ2) is 8.41. The molecule has 0 radical (unpaired) electrons. The number of anilines is 1. The molecule has 1 unspecified atom stereocenters. The van der Waals surface area contributed by atoms with E-state index in [1.54, 1.807) is 26.4 Å². The number of methoxy groups -OCH3 is 2. The van der Waals surface area contributed by atoms with Crippen LogP contribution in [-0.2, 0) is 12.1 Å². The number of hydrogen-bond donors (Lipinski definition) is 1. The van der Waals surface area contributed by atoms with Gasteiger partial charge in [-0.05, 0) is 62.2 Å². The maximum absolute atomic E-state index is 13.0. The van der Waals surface area contributed by atoms with Gasteiger partial charge in [-0.2, -0.15) is 0 Å². The molecule has 0 saturated heterocycles. The molecule has 174 valence electrons. The van der Waals surface area contributed by atoms with Crippen molar-refractivity contribution in [2.45, 2.75) is 25.9 Å². The zero-order valence-corrected chi connectivity index (χ0v) is 19.8. The first kappa shape index (κ1) is 21.8. The Bertz CT molecular complexity index is 1260. The molecular formula is C27H28N4O3. The molecule has 7 nitrogen and oxygen atoms in total. The van der Waals surface area contributed by atoms with Gasteiger partial charge >= 0.3 is 0 Å². The SMILES string of the molecule is COc1cc2c(cc1OC)C1(C)N(CC2)C(NC(=O)c2ccccc2)=NN1c1ccc(C)cc1. The summed E-state index contributed by atoms with van der Waals surface area (Å²) in [6, 6.07) is 21.5. The Morgan fingerprint density at radius 1 is 1.00 bits per heavy atom. The van der Waals surface area contributed by atoms with E-state index in [2.05, 4.69) is 48.3 Å². The van der Waals surface area contributed by atoms with E-state index >= 15 is 0 Å². The molecule has 3 aromatic carbocycles. The van der Waals surface area contributed by atoms with Crippen molar-refractivity contribution in [3.05, 3.63) is 89.0 Å².